The molecule has 0 bridgehead atoms. The van der Waals surface area contributed by atoms with Crippen molar-refractivity contribution in [1.82, 2.24) is 4.90 Å². The van der Waals surface area contributed by atoms with Gasteiger partial charge in [0.2, 0.25) is 5.91 Å². The van der Waals surface area contributed by atoms with Crippen molar-refractivity contribution in [3.05, 3.63) is 29.8 Å². The van der Waals surface area contributed by atoms with Gasteiger partial charge in [-0.2, -0.15) is 0 Å². The number of morpholine rings is 1. The first-order valence-corrected chi connectivity index (χ1v) is 6.82. The molecule has 1 amide bonds. The van der Waals surface area contributed by atoms with E-state index >= 15 is 0 Å². The molecular formula is C15H22N2O2. The summed E-state index contributed by atoms with van der Waals surface area (Å²) in [7, 11) is 0. The van der Waals surface area contributed by atoms with Gasteiger partial charge in [-0.1, -0.05) is 18.2 Å². The van der Waals surface area contributed by atoms with Crippen LogP contribution < -0.4 is 5.73 Å². The summed E-state index contributed by atoms with van der Waals surface area (Å²) in [6.07, 6.45) is 1.33. The van der Waals surface area contributed by atoms with Gasteiger partial charge in [0.1, 0.15) is 0 Å². The number of benzene rings is 1. The maximum absolute atomic E-state index is 12.3. The number of anilines is 1. The fraction of sp³-hybridized carbons (Fsp3) is 0.533. The predicted molar refractivity (Wildman–Crippen MR) is 75.8 cm³/mol. The van der Waals surface area contributed by atoms with E-state index in [0.29, 0.717) is 26.0 Å². The monoisotopic (exact) mass is 262 g/mol. The van der Waals surface area contributed by atoms with Crippen molar-refractivity contribution in [2.24, 2.45) is 0 Å². The number of hydrogen-bond donors (Lipinski definition) is 1. The molecule has 0 saturated carbocycles. The fourth-order valence-corrected chi connectivity index (χ4v) is 2.40. The smallest absolute Gasteiger partial charge is 0.223 e. The van der Waals surface area contributed by atoms with Gasteiger partial charge in [0.25, 0.3) is 0 Å². The van der Waals surface area contributed by atoms with Crippen molar-refractivity contribution >= 4 is 11.6 Å². The van der Waals surface area contributed by atoms with Gasteiger partial charge in [-0.15, -0.1) is 0 Å². The highest BCUT2D eigenvalue weighted by molar-refractivity contribution is 5.77. The molecule has 4 heteroatoms. The van der Waals surface area contributed by atoms with Crippen LogP contribution in [0.25, 0.3) is 0 Å². The minimum absolute atomic E-state index is 0.127. The molecule has 2 N–H and O–H groups in total. The van der Waals surface area contributed by atoms with Crippen LogP contribution in [0.1, 0.15) is 25.8 Å². The van der Waals surface area contributed by atoms with Crippen LogP contribution in [-0.2, 0) is 16.0 Å². The number of nitrogen functional groups attached to an aromatic ring is 1. The summed E-state index contributed by atoms with van der Waals surface area (Å²) >= 11 is 0. The van der Waals surface area contributed by atoms with Gasteiger partial charge in [-0.3, -0.25) is 4.79 Å². The number of para-hydroxylation sites is 1. The zero-order valence-corrected chi connectivity index (χ0v) is 11.6. The number of aryl methyl sites for hydroxylation is 1. The average molecular weight is 262 g/mol. The Morgan fingerprint density at radius 2 is 2.16 bits per heavy atom. The number of nitrogens with zero attached hydrogens (tertiary/aromatic N) is 1. The Labute approximate surface area is 114 Å². The van der Waals surface area contributed by atoms with Crippen LogP contribution in [0.15, 0.2) is 24.3 Å². The Hall–Kier alpha value is -1.55. The van der Waals surface area contributed by atoms with Crippen molar-refractivity contribution in [2.75, 3.05) is 18.9 Å². The number of nitrogens with two attached hydrogens (primary N) is 1. The summed E-state index contributed by atoms with van der Waals surface area (Å²) in [6, 6.07) is 7.88. The molecule has 0 aliphatic carbocycles. The molecule has 1 fully saturated rings. The average Bonchev–Trinajstić information content (AvgIpc) is 2.40. The van der Waals surface area contributed by atoms with Gasteiger partial charge < -0.3 is 15.4 Å². The van der Waals surface area contributed by atoms with Gasteiger partial charge >= 0.3 is 0 Å². The quantitative estimate of drug-likeness (QED) is 0.846. The lowest BCUT2D eigenvalue weighted by atomic mass is 10.1. The summed E-state index contributed by atoms with van der Waals surface area (Å²) in [5.74, 6) is 0.186. The molecule has 2 atom stereocenters. The summed E-state index contributed by atoms with van der Waals surface area (Å²) in [4.78, 5) is 14.2. The second kappa shape index (κ2) is 6.06. The number of ether oxygens (including phenoxy) is 1. The van der Waals surface area contributed by atoms with Gasteiger partial charge in [0.15, 0.2) is 0 Å². The maximum atomic E-state index is 12.3. The van der Waals surface area contributed by atoms with E-state index in [0.717, 1.165) is 11.3 Å². The number of hydrogen-bond acceptors (Lipinski definition) is 3. The number of amides is 1. The molecular weight excluding hydrogens is 240 g/mol. The number of rotatable bonds is 3. The zero-order chi connectivity index (χ0) is 13.8. The first-order valence-electron chi connectivity index (χ1n) is 6.82. The molecule has 2 rings (SSSR count). The first kappa shape index (κ1) is 13.9. The minimum atomic E-state index is 0.127. The van der Waals surface area contributed by atoms with Crippen molar-refractivity contribution in [1.29, 1.82) is 0 Å². The SMILES string of the molecule is CC1CN(C(=O)CCc2ccccc2N)C(C)CO1. The van der Waals surface area contributed by atoms with E-state index in [1.165, 1.54) is 0 Å². The Balaban J connectivity index is 1.92. The molecule has 0 radical (unpaired) electrons. The third-order valence-electron chi connectivity index (χ3n) is 3.59. The zero-order valence-electron chi connectivity index (χ0n) is 11.6. The highest BCUT2D eigenvalue weighted by Gasteiger charge is 2.26. The van der Waals surface area contributed by atoms with E-state index in [2.05, 4.69) is 0 Å². The lowest BCUT2D eigenvalue weighted by Crippen LogP contribution is -2.50. The lowest BCUT2D eigenvalue weighted by molar-refractivity contribution is -0.143. The molecule has 1 aromatic carbocycles. The van der Waals surface area contributed by atoms with E-state index in [9.17, 15) is 4.79 Å². The molecule has 1 aromatic rings. The lowest BCUT2D eigenvalue weighted by Gasteiger charge is -2.37. The molecule has 4 nitrogen and oxygen atoms in total. The highest BCUT2D eigenvalue weighted by Crippen LogP contribution is 2.16. The Bertz CT molecular complexity index is 448. The molecule has 1 aliphatic rings. The Morgan fingerprint density at radius 3 is 2.89 bits per heavy atom. The molecule has 104 valence electrons. The molecule has 19 heavy (non-hydrogen) atoms. The second-order valence-electron chi connectivity index (χ2n) is 5.24. The van der Waals surface area contributed by atoms with Gasteiger partial charge in [0, 0.05) is 18.7 Å². The van der Waals surface area contributed by atoms with Gasteiger partial charge in [-0.25, -0.2) is 0 Å². The van der Waals surface area contributed by atoms with E-state index in [-0.39, 0.29) is 18.1 Å². The third kappa shape index (κ3) is 3.47. The summed E-state index contributed by atoms with van der Waals surface area (Å²) in [5, 5.41) is 0. The van der Waals surface area contributed by atoms with E-state index in [1.54, 1.807) is 0 Å². The molecule has 1 heterocycles. The molecule has 0 spiro atoms. The standard InChI is InChI=1S/C15H22N2O2/c1-11-10-19-12(2)9-17(11)15(18)8-7-13-5-3-4-6-14(13)16/h3-6,11-12H,7-10,16H2,1-2H3. The third-order valence-corrected chi connectivity index (χ3v) is 3.59. The van der Waals surface area contributed by atoms with Crippen molar-refractivity contribution in [2.45, 2.75) is 38.8 Å². The van der Waals surface area contributed by atoms with E-state index < -0.39 is 0 Å². The van der Waals surface area contributed by atoms with Crippen molar-refractivity contribution < 1.29 is 9.53 Å². The van der Waals surface area contributed by atoms with Crippen LogP contribution in [0.4, 0.5) is 5.69 Å². The van der Waals surface area contributed by atoms with Crippen LogP contribution in [0, 0.1) is 0 Å². The molecule has 1 saturated heterocycles. The summed E-state index contributed by atoms with van der Waals surface area (Å²) in [5.41, 5.74) is 7.70. The first-order chi connectivity index (χ1) is 9.08. The normalized spacial score (nSPS) is 23.4. The van der Waals surface area contributed by atoms with Crippen LogP contribution in [0.5, 0.6) is 0 Å². The molecule has 2 unspecified atom stereocenters. The molecule has 1 aliphatic heterocycles. The largest absolute Gasteiger partial charge is 0.399 e. The number of carbonyl (C=O) groups excluding carboxylic acids is 1. The van der Waals surface area contributed by atoms with Gasteiger partial charge in [0.05, 0.1) is 18.8 Å². The maximum Gasteiger partial charge on any atom is 0.223 e. The summed E-state index contributed by atoms with van der Waals surface area (Å²) < 4.78 is 5.54. The van der Waals surface area contributed by atoms with Gasteiger partial charge in [-0.05, 0) is 31.9 Å². The van der Waals surface area contributed by atoms with Crippen LogP contribution in [-0.4, -0.2) is 36.1 Å². The Morgan fingerprint density at radius 1 is 1.42 bits per heavy atom. The van der Waals surface area contributed by atoms with Crippen LogP contribution in [0.2, 0.25) is 0 Å². The minimum Gasteiger partial charge on any atom is -0.399 e. The van der Waals surface area contributed by atoms with E-state index in [1.807, 2.05) is 43.0 Å². The molecule has 0 aromatic heterocycles. The van der Waals surface area contributed by atoms with Crippen molar-refractivity contribution in [3.8, 4) is 0 Å². The van der Waals surface area contributed by atoms with Crippen LogP contribution in [0.3, 0.4) is 0 Å². The fourth-order valence-electron chi connectivity index (χ4n) is 2.40. The number of carbonyl (C=O) groups is 1. The topological polar surface area (TPSA) is 55.6 Å². The van der Waals surface area contributed by atoms with Crippen LogP contribution >= 0.6 is 0 Å². The highest BCUT2D eigenvalue weighted by atomic mass is 16.5. The van der Waals surface area contributed by atoms with E-state index in [4.69, 9.17) is 10.5 Å². The second-order valence-corrected chi connectivity index (χ2v) is 5.24. The Kier molecular flexibility index (Phi) is 4.43. The summed E-state index contributed by atoms with van der Waals surface area (Å²) in [6.45, 7) is 5.34. The van der Waals surface area contributed by atoms with Crippen molar-refractivity contribution in [3.63, 3.8) is 0 Å². The predicted octanol–water partition coefficient (Wildman–Crippen LogP) is 1.84.